The molecule has 1 aromatic rings. The fraction of sp³-hybridized carbons (Fsp3) is 0.800. The lowest BCUT2D eigenvalue weighted by molar-refractivity contribution is 0.281. The summed E-state index contributed by atoms with van der Waals surface area (Å²) in [6.07, 6.45) is 5.83. The van der Waals surface area contributed by atoms with Crippen molar-refractivity contribution in [3.05, 3.63) is 17.8 Å². The number of nitrogens with one attached hydrogen (secondary N) is 1. The van der Waals surface area contributed by atoms with Gasteiger partial charge in [-0.25, -0.2) is 9.98 Å². The van der Waals surface area contributed by atoms with E-state index in [4.69, 9.17) is 9.41 Å². The molecule has 0 bridgehead atoms. The van der Waals surface area contributed by atoms with Crippen LogP contribution in [-0.2, 0) is 12.0 Å². The van der Waals surface area contributed by atoms with Crippen molar-refractivity contribution in [2.45, 2.75) is 58.9 Å². The van der Waals surface area contributed by atoms with E-state index in [2.05, 4.69) is 47.8 Å². The molecule has 1 aromatic heterocycles. The molecule has 2 aliphatic heterocycles. The van der Waals surface area contributed by atoms with Crippen molar-refractivity contribution in [3.8, 4) is 0 Å². The molecule has 3 heterocycles. The third-order valence-electron chi connectivity index (χ3n) is 5.29. The Hall–Kier alpha value is -1.56. The van der Waals surface area contributed by atoms with Gasteiger partial charge in [0.05, 0.1) is 6.20 Å². The van der Waals surface area contributed by atoms with Crippen LogP contribution in [0.25, 0.3) is 0 Å². The zero-order valence-corrected chi connectivity index (χ0v) is 16.9. The molecule has 6 heteroatoms. The van der Waals surface area contributed by atoms with Crippen LogP contribution in [0.15, 0.2) is 15.6 Å². The topological polar surface area (TPSA) is 56.9 Å². The molecule has 0 spiro atoms. The summed E-state index contributed by atoms with van der Waals surface area (Å²) < 4.78 is 5.88. The molecule has 1 unspecified atom stereocenters. The van der Waals surface area contributed by atoms with Crippen LogP contribution in [0.4, 0.5) is 0 Å². The van der Waals surface area contributed by atoms with Crippen molar-refractivity contribution in [2.75, 3.05) is 39.3 Å². The number of likely N-dealkylation sites (tertiary alicyclic amines) is 2. The Labute approximate surface area is 158 Å². The molecular weight excluding hydrogens is 326 g/mol. The first-order valence-corrected chi connectivity index (χ1v) is 10.2. The summed E-state index contributed by atoms with van der Waals surface area (Å²) in [5.41, 5.74) is -0.0167. The van der Waals surface area contributed by atoms with E-state index in [0.29, 0.717) is 12.4 Å². The third-order valence-corrected chi connectivity index (χ3v) is 5.29. The van der Waals surface area contributed by atoms with E-state index in [-0.39, 0.29) is 5.41 Å². The molecule has 2 saturated heterocycles. The van der Waals surface area contributed by atoms with Crippen molar-refractivity contribution in [1.29, 1.82) is 0 Å². The minimum Gasteiger partial charge on any atom is -0.443 e. The molecule has 2 fully saturated rings. The summed E-state index contributed by atoms with van der Waals surface area (Å²) in [7, 11) is 0. The number of hydrogen-bond donors (Lipinski definition) is 1. The molecular formula is C20H35N5O. The standard InChI is InChI=1S/C20H35N5O/c1-5-21-19(23-13-18-22-12-17(26-18)20(2,3)4)25-11-8-16(15-25)14-24-9-6-7-10-24/h12,16H,5-11,13-15H2,1-4H3,(H,21,23). The van der Waals surface area contributed by atoms with Gasteiger partial charge in [-0.3, -0.25) is 0 Å². The fourth-order valence-electron chi connectivity index (χ4n) is 3.80. The van der Waals surface area contributed by atoms with Gasteiger partial charge in [0, 0.05) is 31.6 Å². The highest BCUT2D eigenvalue weighted by molar-refractivity contribution is 5.80. The van der Waals surface area contributed by atoms with Crippen LogP contribution in [0.1, 0.15) is 58.6 Å². The van der Waals surface area contributed by atoms with E-state index in [0.717, 1.165) is 37.3 Å². The van der Waals surface area contributed by atoms with Crippen LogP contribution in [0.5, 0.6) is 0 Å². The van der Waals surface area contributed by atoms with Crippen LogP contribution in [0.2, 0.25) is 0 Å². The maximum atomic E-state index is 5.88. The van der Waals surface area contributed by atoms with Crippen LogP contribution in [0, 0.1) is 5.92 Å². The number of aliphatic imine (C=N–C) groups is 1. The second-order valence-electron chi connectivity index (χ2n) is 8.65. The predicted molar refractivity (Wildman–Crippen MR) is 105 cm³/mol. The Bertz CT molecular complexity index is 598. The van der Waals surface area contributed by atoms with E-state index >= 15 is 0 Å². The highest BCUT2D eigenvalue weighted by Crippen LogP contribution is 2.23. The normalized spacial score (nSPS) is 22.4. The Morgan fingerprint density at radius 1 is 1.31 bits per heavy atom. The molecule has 0 amide bonds. The molecule has 1 atom stereocenters. The molecule has 26 heavy (non-hydrogen) atoms. The molecule has 3 rings (SSSR count). The summed E-state index contributed by atoms with van der Waals surface area (Å²) in [5, 5.41) is 3.44. The van der Waals surface area contributed by atoms with Gasteiger partial charge in [0.15, 0.2) is 5.96 Å². The molecule has 0 aliphatic carbocycles. The van der Waals surface area contributed by atoms with Crippen LogP contribution < -0.4 is 5.32 Å². The molecule has 0 aromatic carbocycles. The summed E-state index contributed by atoms with van der Waals surface area (Å²) in [5.74, 6) is 3.36. The number of hydrogen-bond acceptors (Lipinski definition) is 4. The van der Waals surface area contributed by atoms with Crippen molar-refractivity contribution in [3.63, 3.8) is 0 Å². The van der Waals surface area contributed by atoms with Gasteiger partial charge in [-0.1, -0.05) is 20.8 Å². The van der Waals surface area contributed by atoms with E-state index in [1.54, 1.807) is 0 Å². The lowest BCUT2D eigenvalue weighted by atomic mass is 9.94. The zero-order chi connectivity index (χ0) is 18.6. The Morgan fingerprint density at radius 3 is 2.73 bits per heavy atom. The van der Waals surface area contributed by atoms with Gasteiger partial charge in [0.2, 0.25) is 5.89 Å². The van der Waals surface area contributed by atoms with Crippen LogP contribution in [0.3, 0.4) is 0 Å². The van der Waals surface area contributed by atoms with Gasteiger partial charge < -0.3 is 19.5 Å². The number of oxazole rings is 1. The van der Waals surface area contributed by atoms with Crippen LogP contribution in [-0.4, -0.2) is 60.0 Å². The summed E-state index contributed by atoms with van der Waals surface area (Å²) in [4.78, 5) is 14.2. The SMILES string of the molecule is CCNC(=NCc1ncc(C(C)(C)C)o1)N1CCC(CN2CCCC2)C1. The van der Waals surface area contributed by atoms with E-state index in [1.165, 1.54) is 38.9 Å². The second-order valence-corrected chi connectivity index (χ2v) is 8.65. The summed E-state index contributed by atoms with van der Waals surface area (Å²) in [6.45, 7) is 15.9. The van der Waals surface area contributed by atoms with E-state index in [1.807, 2.05) is 6.20 Å². The molecule has 146 valence electrons. The number of aromatic nitrogens is 1. The van der Waals surface area contributed by atoms with Crippen molar-refractivity contribution in [1.82, 2.24) is 20.1 Å². The lowest BCUT2D eigenvalue weighted by Gasteiger charge is -2.23. The van der Waals surface area contributed by atoms with Gasteiger partial charge in [-0.15, -0.1) is 0 Å². The highest BCUT2D eigenvalue weighted by Gasteiger charge is 2.27. The smallest absolute Gasteiger partial charge is 0.216 e. The van der Waals surface area contributed by atoms with Gasteiger partial charge in [-0.2, -0.15) is 0 Å². The molecule has 6 nitrogen and oxygen atoms in total. The highest BCUT2D eigenvalue weighted by atomic mass is 16.4. The van der Waals surface area contributed by atoms with E-state index < -0.39 is 0 Å². The first-order chi connectivity index (χ1) is 12.5. The Balaban J connectivity index is 1.57. The maximum absolute atomic E-state index is 5.88. The Kier molecular flexibility index (Phi) is 6.22. The van der Waals surface area contributed by atoms with Gasteiger partial charge in [-0.05, 0) is 45.2 Å². The van der Waals surface area contributed by atoms with Gasteiger partial charge >= 0.3 is 0 Å². The third kappa shape index (κ3) is 5.00. The number of guanidine groups is 1. The minimum absolute atomic E-state index is 0.0167. The second kappa shape index (κ2) is 8.42. The van der Waals surface area contributed by atoms with Gasteiger partial charge in [0.25, 0.3) is 0 Å². The van der Waals surface area contributed by atoms with Gasteiger partial charge in [0.1, 0.15) is 12.3 Å². The monoisotopic (exact) mass is 361 g/mol. The molecule has 2 aliphatic rings. The number of nitrogens with zero attached hydrogens (tertiary/aromatic N) is 4. The predicted octanol–water partition coefficient (Wildman–Crippen LogP) is 2.86. The molecule has 0 saturated carbocycles. The number of rotatable bonds is 5. The zero-order valence-electron chi connectivity index (χ0n) is 16.9. The van der Waals surface area contributed by atoms with Crippen molar-refractivity contribution >= 4 is 5.96 Å². The summed E-state index contributed by atoms with van der Waals surface area (Å²) in [6, 6.07) is 0. The van der Waals surface area contributed by atoms with Crippen molar-refractivity contribution < 1.29 is 4.42 Å². The van der Waals surface area contributed by atoms with Crippen LogP contribution >= 0.6 is 0 Å². The largest absolute Gasteiger partial charge is 0.443 e. The minimum atomic E-state index is -0.0167. The first-order valence-electron chi connectivity index (χ1n) is 10.2. The Morgan fingerprint density at radius 2 is 2.08 bits per heavy atom. The van der Waals surface area contributed by atoms with Crippen molar-refractivity contribution in [2.24, 2.45) is 10.9 Å². The summed E-state index contributed by atoms with van der Waals surface area (Å²) >= 11 is 0. The van der Waals surface area contributed by atoms with E-state index in [9.17, 15) is 0 Å². The molecule has 1 N–H and O–H groups in total. The average Bonchev–Trinajstić information content (AvgIpc) is 3.33. The first kappa shape index (κ1) is 19.2. The average molecular weight is 362 g/mol. The fourth-order valence-corrected chi connectivity index (χ4v) is 3.80. The maximum Gasteiger partial charge on any atom is 0.216 e. The molecule has 0 radical (unpaired) electrons. The lowest BCUT2D eigenvalue weighted by Crippen LogP contribution is -2.40. The quantitative estimate of drug-likeness (QED) is 0.645.